The van der Waals surface area contributed by atoms with Crippen LogP contribution in [0.1, 0.15) is 34.7 Å². The molecule has 0 amide bonds. The summed E-state index contributed by atoms with van der Waals surface area (Å²) >= 11 is 0. The van der Waals surface area contributed by atoms with Crippen LogP contribution in [0.2, 0.25) is 0 Å². The molecule has 0 aromatic heterocycles. The standard InChI is InChI=1S/C21H25N/c1-7-9-19-14-21(12-16(4)17(19)5)22(6)20-11-10-15(3)18(8-2)13-20/h7-14H,2H2,1,3-6H3/b9-7-. The fourth-order valence-electron chi connectivity index (χ4n) is 2.62. The van der Waals surface area contributed by atoms with E-state index < -0.39 is 0 Å². The Balaban J connectivity index is 2.49. The highest BCUT2D eigenvalue weighted by atomic mass is 15.1. The van der Waals surface area contributed by atoms with Crippen molar-refractivity contribution in [3.8, 4) is 0 Å². The number of nitrogens with zero attached hydrogens (tertiary/aromatic N) is 1. The second-order valence-electron chi connectivity index (χ2n) is 5.78. The lowest BCUT2D eigenvalue weighted by Gasteiger charge is -2.22. The van der Waals surface area contributed by atoms with Crippen LogP contribution in [0.15, 0.2) is 43.0 Å². The van der Waals surface area contributed by atoms with Crippen molar-refractivity contribution in [3.05, 3.63) is 70.8 Å². The van der Waals surface area contributed by atoms with E-state index in [0.717, 1.165) is 0 Å². The summed E-state index contributed by atoms with van der Waals surface area (Å²) in [6, 6.07) is 11.0. The van der Waals surface area contributed by atoms with Gasteiger partial charge in [0.25, 0.3) is 0 Å². The van der Waals surface area contributed by atoms with E-state index in [1.807, 2.05) is 6.08 Å². The first-order chi connectivity index (χ1) is 10.5. The molecule has 22 heavy (non-hydrogen) atoms. The minimum Gasteiger partial charge on any atom is -0.345 e. The first kappa shape index (κ1) is 16.1. The van der Waals surface area contributed by atoms with E-state index in [0.29, 0.717) is 0 Å². The quantitative estimate of drug-likeness (QED) is 0.662. The van der Waals surface area contributed by atoms with Gasteiger partial charge in [-0.2, -0.15) is 0 Å². The second-order valence-corrected chi connectivity index (χ2v) is 5.78. The Morgan fingerprint density at radius 2 is 1.59 bits per heavy atom. The fourth-order valence-corrected chi connectivity index (χ4v) is 2.62. The molecule has 2 rings (SSSR count). The van der Waals surface area contributed by atoms with Crippen molar-refractivity contribution in [2.75, 3.05) is 11.9 Å². The summed E-state index contributed by atoms with van der Waals surface area (Å²) in [6.45, 7) is 12.4. The summed E-state index contributed by atoms with van der Waals surface area (Å²) in [4.78, 5) is 2.23. The molecule has 0 aliphatic heterocycles. The molecule has 1 heteroatoms. The molecule has 0 spiro atoms. The second kappa shape index (κ2) is 6.65. The Morgan fingerprint density at radius 1 is 0.909 bits per heavy atom. The van der Waals surface area contributed by atoms with E-state index in [2.05, 4.69) is 88.7 Å². The van der Waals surface area contributed by atoms with Crippen LogP contribution >= 0.6 is 0 Å². The molecule has 0 saturated carbocycles. The molecule has 0 saturated heterocycles. The summed E-state index contributed by atoms with van der Waals surface area (Å²) < 4.78 is 0. The van der Waals surface area contributed by atoms with Crippen molar-refractivity contribution in [2.45, 2.75) is 27.7 Å². The molecule has 0 unspecified atom stereocenters. The maximum atomic E-state index is 3.90. The first-order valence-electron chi connectivity index (χ1n) is 7.68. The SMILES string of the molecule is C=Cc1cc(N(C)c2cc(C)c(C)c(/C=C\C)c2)ccc1C. The van der Waals surface area contributed by atoms with E-state index in [1.54, 1.807) is 0 Å². The van der Waals surface area contributed by atoms with Gasteiger partial charge in [0, 0.05) is 18.4 Å². The van der Waals surface area contributed by atoms with Gasteiger partial charge >= 0.3 is 0 Å². The van der Waals surface area contributed by atoms with Gasteiger partial charge in [0.05, 0.1) is 0 Å². The molecular weight excluding hydrogens is 266 g/mol. The maximum absolute atomic E-state index is 3.90. The number of allylic oxidation sites excluding steroid dienone is 1. The summed E-state index contributed by atoms with van der Waals surface area (Å²) in [7, 11) is 2.11. The lowest BCUT2D eigenvalue weighted by molar-refractivity contribution is 1.18. The lowest BCUT2D eigenvalue weighted by Crippen LogP contribution is -2.10. The van der Waals surface area contributed by atoms with Crippen molar-refractivity contribution < 1.29 is 0 Å². The zero-order chi connectivity index (χ0) is 16.3. The van der Waals surface area contributed by atoms with Gasteiger partial charge in [-0.15, -0.1) is 0 Å². The van der Waals surface area contributed by atoms with Gasteiger partial charge in [-0.3, -0.25) is 0 Å². The van der Waals surface area contributed by atoms with Gasteiger partial charge in [-0.1, -0.05) is 30.9 Å². The molecule has 0 bridgehead atoms. The molecule has 0 aliphatic rings. The van der Waals surface area contributed by atoms with Crippen molar-refractivity contribution in [3.63, 3.8) is 0 Å². The Bertz CT molecular complexity index is 723. The van der Waals surface area contributed by atoms with Crippen LogP contribution in [-0.2, 0) is 0 Å². The molecule has 1 nitrogen and oxygen atoms in total. The Kier molecular flexibility index (Phi) is 4.87. The van der Waals surface area contributed by atoms with Gasteiger partial charge in [-0.25, -0.2) is 0 Å². The summed E-state index contributed by atoms with van der Waals surface area (Å²) in [5, 5.41) is 0. The van der Waals surface area contributed by atoms with Gasteiger partial charge in [-0.05, 0) is 79.8 Å². The number of anilines is 2. The summed E-state index contributed by atoms with van der Waals surface area (Å²) in [5.41, 5.74) is 8.74. The average Bonchev–Trinajstić information content (AvgIpc) is 2.51. The third-order valence-electron chi connectivity index (χ3n) is 4.30. The monoisotopic (exact) mass is 291 g/mol. The number of rotatable bonds is 4. The number of aryl methyl sites for hydroxylation is 2. The molecule has 114 valence electrons. The number of hydrogen-bond donors (Lipinski definition) is 0. The highest BCUT2D eigenvalue weighted by molar-refractivity contribution is 5.71. The number of hydrogen-bond acceptors (Lipinski definition) is 1. The predicted octanol–water partition coefficient (Wildman–Crippen LogP) is 6.06. The van der Waals surface area contributed by atoms with E-state index in [4.69, 9.17) is 0 Å². The van der Waals surface area contributed by atoms with Gasteiger partial charge in [0.2, 0.25) is 0 Å². The first-order valence-corrected chi connectivity index (χ1v) is 7.68. The van der Waals surface area contributed by atoms with E-state index in [1.165, 1.54) is 39.2 Å². The highest BCUT2D eigenvalue weighted by Gasteiger charge is 2.09. The van der Waals surface area contributed by atoms with Gasteiger partial charge < -0.3 is 4.90 Å². The third kappa shape index (κ3) is 3.14. The van der Waals surface area contributed by atoms with Crippen molar-refractivity contribution in [1.82, 2.24) is 0 Å². The minimum absolute atomic E-state index is 1.18. The largest absolute Gasteiger partial charge is 0.345 e. The fraction of sp³-hybridized carbons (Fsp3) is 0.238. The molecule has 0 fully saturated rings. The molecule has 0 N–H and O–H groups in total. The van der Waals surface area contributed by atoms with Gasteiger partial charge in [0.15, 0.2) is 0 Å². The molecular formula is C21H25N. The summed E-state index contributed by atoms with van der Waals surface area (Å²) in [6.07, 6.45) is 6.18. The normalized spacial score (nSPS) is 11.0. The highest BCUT2D eigenvalue weighted by Crippen LogP contribution is 2.30. The Labute approximate surface area is 134 Å². The molecule has 0 radical (unpaired) electrons. The van der Waals surface area contributed by atoms with Crippen LogP contribution in [0.3, 0.4) is 0 Å². The maximum Gasteiger partial charge on any atom is 0.0416 e. The molecule has 2 aromatic rings. The zero-order valence-corrected chi connectivity index (χ0v) is 14.3. The Hall–Kier alpha value is -2.28. The van der Waals surface area contributed by atoms with Crippen LogP contribution in [0.25, 0.3) is 12.2 Å². The van der Waals surface area contributed by atoms with Crippen LogP contribution in [0, 0.1) is 20.8 Å². The smallest absolute Gasteiger partial charge is 0.0416 e. The van der Waals surface area contributed by atoms with Crippen molar-refractivity contribution in [1.29, 1.82) is 0 Å². The van der Waals surface area contributed by atoms with Gasteiger partial charge in [0.1, 0.15) is 0 Å². The Morgan fingerprint density at radius 3 is 2.23 bits per heavy atom. The van der Waals surface area contributed by atoms with Crippen LogP contribution < -0.4 is 4.90 Å². The van der Waals surface area contributed by atoms with Crippen LogP contribution in [-0.4, -0.2) is 7.05 Å². The third-order valence-corrected chi connectivity index (χ3v) is 4.30. The van der Waals surface area contributed by atoms with Crippen molar-refractivity contribution in [2.24, 2.45) is 0 Å². The zero-order valence-electron chi connectivity index (χ0n) is 14.3. The lowest BCUT2D eigenvalue weighted by atomic mass is 10.0. The predicted molar refractivity (Wildman–Crippen MR) is 100.0 cm³/mol. The van der Waals surface area contributed by atoms with Crippen molar-refractivity contribution >= 4 is 23.5 Å². The molecule has 0 heterocycles. The average molecular weight is 291 g/mol. The number of benzene rings is 2. The molecule has 0 atom stereocenters. The van der Waals surface area contributed by atoms with E-state index in [-0.39, 0.29) is 0 Å². The van der Waals surface area contributed by atoms with E-state index >= 15 is 0 Å². The van der Waals surface area contributed by atoms with Crippen LogP contribution in [0.4, 0.5) is 11.4 Å². The van der Waals surface area contributed by atoms with E-state index in [9.17, 15) is 0 Å². The molecule has 2 aromatic carbocycles. The topological polar surface area (TPSA) is 3.24 Å². The van der Waals surface area contributed by atoms with Crippen LogP contribution in [0.5, 0.6) is 0 Å². The minimum atomic E-state index is 1.18. The molecule has 0 aliphatic carbocycles. The summed E-state index contributed by atoms with van der Waals surface area (Å²) in [5.74, 6) is 0.